The molecule has 0 bridgehead atoms. The average molecular weight is 284 g/mol. The lowest BCUT2D eigenvalue weighted by Gasteiger charge is -2.35. The molecule has 1 aliphatic carbocycles. The van der Waals surface area contributed by atoms with E-state index in [1.165, 1.54) is 16.7 Å². The summed E-state index contributed by atoms with van der Waals surface area (Å²) in [6.07, 6.45) is 0. The lowest BCUT2D eigenvalue weighted by molar-refractivity contribution is 0.0918. The molecule has 0 aromatic heterocycles. The molecular formula is C21H16O. The van der Waals surface area contributed by atoms with Gasteiger partial charge in [0.05, 0.1) is 5.92 Å². The van der Waals surface area contributed by atoms with Crippen molar-refractivity contribution in [1.29, 1.82) is 0 Å². The Bertz CT molecular complexity index is 766. The predicted molar refractivity (Wildman–Crippen MR) is 88.2 cm³/mol. The van der Waals surface area contributed by atoms with Crippen LogP contribution < -0.4 is 0 Å². The van der Waals surface area contributed by atoms with Crippen LogP contribution in [-0.2, 0) is 0 Å². The first kappa shape index (κ1) is 13.0. The number of ketones is 1. The zero-order valence-electron chi connectivity index (χ0n) is 12.1. The average Bonchev–Trinajstić information content (AvgIpc) is 2.60. The summed E-state index contributed by atoms with van der Waals surface area (Å²) in [6.45, 7) is 0. The van der Waals surface area contributed by atoms with E-state index in [4.69, 9.17) is 0 Å². The van der Waals surface area contributed by atoms with Gasteiger partial charge in [0.1, 0.15) is 0 Å². The van der Waals surface area contributed by atoms with Crippen LogP contribution in [0, 0.1) is 0 Å². The first-order valence-electron chi connectivity index (χ1n) is 7.59. The molecule has 1 aliphatic rings. The summed E-state index contributed by atoms with van der Waals surface area (Å²) in [6, 6.07) is 28.6. The van der Waals surface area contributed by atoms with Crippen LogP contribution in [0.15, 0.2) is 84.9 Å². The molecule has 0 saturated heterocycles. The monoisotopic (exact) mass is 284 g/mol. The molecule has 0 aliphatic heterocycles. The van der Waals surface area contributed by atoms with Gasteiger partial charge in [-0.05, 0) is 16.7 Å². The van der Waals surface area contributed by atoms with E-state index in [9.17, 15) is 4.79 Å². The molecule has 0 fully saturated rings. The van der Waals surface area contributed by atoms with Gasteiger partial charge >= 0.3 is 0 Å². The molecular weight excluding hydrogens is 268 g/mol. The van der Waals surface area contributed by atoms with E-state index in [1.807, 2.05) is 54.6 Å². The quantitative estimate of drug-likeness (QED) is 0.675. The van der Waals surface area contributed by atoms with Crippen molar-refractivity contribution in [1.82, 2.24) is 0 Å². The van der Waals surface area contributed by atoms with Crippen LogP contribution in [0.3, 0.4) is 0 Å². The number of rotatable bonds is 3. The van der Waals surface area contributed by atoms with Gasteiger partial charge < -0.3 is 0 Å². The third kappa shape index (κ3) is 1.98. The zero-order valence-corrected chi connectivity index (χ0v) is 12.1. The van der Waals surface area contributed by atoms with Gasteiger partial charge in [0, 0.05) is 11.5 Å². The number of carbonyl (C=O) groups excluding carboxylic acids is 1. The Labute approximate surface area is 130 Å². The maximum Gasteiger partial charge on any atom is 0.171 e. The van der Waals surface area contributed by atoms with Gasteiger partial charge in [0.15, 0.2) is 5.78 Å². The topological polar surface area (TPSA) is 17.1 Å². The molecule has 1 heteroatoms. The summed E-state index contributed by atoms with van der Waals surface area (Å²) in [5, 5.41) is 0. The van der Waals surface area contributed by atoms with Crippen LogP contribution in [0.4, 0.5) is 0 Å². The molecule has 3 aromatic carbocycles. The molecule has 3 aromatic rings. The Kier molecular flexibility index (Phi) is 3.12. The smallest absolute Gasteiger partial charge is 0.171 e. The molecule has 0 heterocycles. The van der Waals surface area contributed by atoms with Crippen molar-refractivity contribution in [3.05, 3.63) is 107 Å². The van der Waals surface area contributed by atoms with Crippen molar-refractivity contribution in [2.75, 3.05) is 0 Å². The molecule has 106 valence electrons. The minimum absolute atomic E-state index is 0.0685. The molecule has 22 heavy (non-hydrogen) atoms. The van der Waals surface area contributed by atoms with E-state index in [2.05, 4.69) is 30.3 Å². The maximum absolute atomic E-state index is 12.6. The fourth-order valence-electron chi connectivity index (χ4n) is 3.45. The van der Waals surface area contributed by atoms with Crippen molar-refractivity contribution >= 4 is 5.78 Å². The molecule has 0 amide bonds. The van der Waals surface area contributed by atoms with E-state index < -0.39 is 0 Å². The fraction of sp³-hybridized carbons (Fsp3) is 0.0952. The van der Waals surface area contributed by atoms with Gasteiger partial charge in [0.2, 0.25) is 0 Å². The Balaban J connectivity index is 1.85. The first-order chi connectivity index (χ1) is 10.9. The number of benzene rings is 3. The predicted octanol–water partition coefficient (Wildman–Crippen LogP) is 4.80. The molecule has 0 radical (unpaired) electrons. The second-order valence-corrected chi connectivity index (χ2v) is 5.73. The van der Waals surface area contributed by atoms with Crippen LogP contribution in [0.1, 0.15) is 38.9 Å². The van der Waals surface area contributed by atoms with E-state index in [1.54, 1.807) is 0 Å². The van der Waals surface area contributed by atoms with Crippen molar-refractivity contribution in [3.63, 3.8) is 0 Å². The van der Waals surface area contributed by atoms with Gasteiger partial charge in [-0.15, -0.1) is 0 Å². The lowest BCUT2D eigenvalue weighted by atomic mass is 9.65. The van der Waals surface area contributed by atoms with Crippen LogP contribution in [0.2, 0.25) is 0 Å². The summed E-state index contributed by atoms with van der Waals surface area (Å²) >= 11 is 0. The number of hydrogen-bond donors (Lipinski definition) is 0. The number of hydrogen-bond acceptors (Lipinski definition) is 1. The third-order valence-electron chi connectivity index (χ3n) is 4.49. The minimum Gasteiger partial charge on any atom is -0.293 e. The minimum atomic E-state index is -0.0685. The Hall–Kier alpha value is -2.67. The molecule has 1 unspecified atom stereocenters. The summed E-state index contributed by atoms with van der Waals surface area (Å²) in [5.41, 5.74) is 4.44. The standard InChI is InChI=1S/C21H16O/c22-21-18-14-8-7-13-17(18)20(21)19(15-9-3-1-4-10-15)16-11-5-2-6-12-16/h1-14,19-20H. The highest BCUT2D eigenvalue weighted by Gasteiger charge is 2.42. The van der Waals surface area contributed by atoms with Gasteiger partial charge in [-0.1, -0.05) is 84.9 Å². The second kappa shape index (κ2) is 5.27. The first-order valence-corrected chi connectivity index (χ1v) is 7.59. The maximum atomic E-state index is 12.6. The Morgan fingerprint density at radius 2 is 1.14 bits per heavy atom. The van der Waals surface area contributed by atoms with Crippen LogP contribution >= 0.6 is 0 Å². The van der Waals surface area contributed by atoms with E-state index >= 15 is 0 Å². The summed E-state index contributed by atoms with van der Waals surface area (Å²) in [7, 11) is 0. The number of Topliss-reactive ketones (excluding diaryl/α,β-unsaturated/α-hetero) is 1. The summed E-state index contributed by atoms with van der Waals surface area (Å²) in [4.78, 5) is 12.6. The Morgan fingerprint density at radius 1 is 0.636 bits per heavy atom. The highest BCUT2D eigenvalue weighted by atomic mass is 16.1. The SMILES string of the molecule is O=C1c2ccccc2C1C(c1ccccc1)c1ccccc1. The van der Waals surface area contributed by atoms with E-state index in [-0.39, 0.29) is 17.6 Å². The highest BCUT2D eigenvalue weighted by Crippen LogP contribution is 2.47. The summed E-state index contributed by atoms with van der Waals surface area (Å²) < 4.78 is 0. The third-order valence-corrected chi connectivity index (χ3v) is 4.49. The van der Waals surface area contributed by atoms with Gasteiger partial charge in [-0.3, -0.25) is 4.79 Å². The van der Waals surface area contributed by atoms with Crippen LogP contribution in [-0.4, -0.2) is 5.78 Å². The Morgan fingerprint density at radius 3 is 1.73 bits per heavy atom. The lowest BCUT2D eigenvalue weighted by Crippen LogP contribution is -2.32. The van der Waals surface area contributed by atoms with Gasteiger partial charge in [0.25, 0.3) is 0 Å². The molecule has 0 saturated carbocycles. The van der Waals surface area contributed by atoms with Crippen molar-refractivity contribution in [3.8, 4) is 0 Å². The van der Waals surface area contributed by atoms with Crippen LogP contribution in [0.25, 0.3) is 0 Å². The highest BCUT2D eigenvalue weighted by molar-refractivity contribution is 6.11. The molecule has 1 atom stereocenters. The van der Waals surface area contributed by atoms with Crippen molar-refractivity contribution < 1.29 is 4.79 Å². The van der Waals surface area contributed by atoms with Crippen LogP contribution in [0.5, 0.6) is 0 Å². The second-order valence-electron chi connectivity index (χ2n) is 5.73. The van der Waals surface area contributed by atoms with Gasteiger partial charge in [-0.25, -0.2) is 0 Å². The fourth-order valence-corrected chi connectivity index (χ4v) is 3.45. The van der Waals surface area contributed by atoms with Gasteiger partial charge in [-0.2, -0.15) is 0 Å². The van der Waals surface area contributed by atoms with E-state index in [0.717, 1.165) is 5.56 Å². The molecule has 0 spiro atoms. The molecule has 1 nitrogen and oxygen atoms in total. The molecule has 0 N–H and O–H groups in total. The van der Waals surface area contributed by atoms with E-state index in [0.29, 0.717) is 0 Å². The zero-order chi connectivity index (χ0) is 14.9. The summed E-state index contributed by atoms with van der Waals surface area (Å²) in [5.74, 6) is 0.277. The number of carbonyl (C=O) groups is 1. The van der Waals surface area contributed by atoms with Crippen molar-refractivity contribution in [2.45, 2.75) is 11.8 Å². The van der Waals surface area contributed by atoms with Crippen molar-refractivity contribution in [2.24, 2.45) is 0 Å². The normalized spacial score (nSPS) is 16.2. The molecule has 4 rings (SSSR count). The largest absolute Gasteiger partial charge is 0.293 e. The number of fused-ring (bicyclic) bond motifs is 1.